The molecule has 6 heteroatoms. The molecular weight excluding hydrogens is 360 g/mol. The lowest BCUT2D eigenvalue weighted by Gasteiger charge is -2.16. The van der Waals surface area contributed by atoms with Crippen molar-refractivity contribution >= 4 is 17.7 Å². The van der Waals surface area contributed by atoms with E-state index >= 15 is 0 Å². The number of likely N-dealkylation sites (N-methyl/N-ethyl adjacent to an activating group) is 1. The quantitative estimate of drug-likeness (QED) is 0.634. The van der Waals surface area contributed by atoms with Gasteiger partial charge >= 0.3 is 0 Å². The minimum atomic E-state index is 0.0266. The number of hydrogen-bond acceptors (Lipinski definition) is 5. The topological polar surface area (TPSA) is 50.8 Å². The van der Waals surface area contributed by atoms with E-state index < -0.39 is 0 Å². The van der Waals surface area contributed by atoms with E-state index in [1.54, 1.807) is 26.0 Å². The van der Waals surface area contributed by atoms with Gasteiger partial charge in [0.25, 0.3) is 0 Å². The highest BCUT2D eigenvalue weighted by Gasteiger charge is 2.08. The number of carbonyl (C=O) groups excluding carboxylic acids is 1. The molecule has 1 N–H and O–H groups in total. The van der Waals surface area contributed by atoms with Crippen molar-refractivity contribution in [1.82, 2.24) is 10.2 Å². The predicted molar refractivity (Wildman–Crippen MR) is 111 cm³/mol. The summed E-state index contributed by atoms with van der Waals surface area (Å²) in [6, 6.07) is 14.2. The Balaban J connectivity index is 1.75. The largest absolute Gasteiger partial charge is 0.493 e. The van der Waals surface area contributed by atoms with Crippen LogP contribution in [0.3, 0.4) is 0 Å². The lowest BCUT2D eigenvalue weighted by atomic mass is 10.1. The molecular formula is C21H28N2O3S. The molecule has 146 valence electrons. The number of methoxy groups -OCH3 is 2. The molecule has 0 fully saturated rings. The van der Waals surface area contributed by atoms with Crippen LogP contribution in [0, 0.1) is 0 Å². The fraction of sp³-hybridized carbons (Fsp3) is 0.381. The van der Waals surface area contributed by atoms with Crippen molar-refractivity contribution in [3.05, 3.63) is 53.6 Å². The van der Waals surface area contributed by atoms with Crippen molar-refractivity contribution in [2.24, 2.45) is 0 Å². The Hall–Kier alpha value is -2.18. The minimum Gasteiger partial charge on any atom is -0.493 e. The number of ether oxygens (including phenoxy) is 2. The standard InChI is InChI=1S/C21H28N2O3S/c1-23(14-17-5-8-18(27-4)9-6-17)15-21(24)22-12-11-16-7-10-19(25-2)20(13-16)26-3/h5-10,13H,11-12,14-15H2,1-4H3,(H,22,24). The third kappa shape index (κ3) is 6.81. The van der Waals surface area contributed by atoms with Gasteiger partial charge in [-0.15, -0.1) is 11.8 Å². The van der Waals surface area contributed by atoms with Crippen LogP contribution in [0.15, 0.2) is 47.4 Å². The maximum Gasteiger partial charge on any atom is 0.234 e. The van der Waals surface area contributed by atoms with Crippen LogP contribution in [-0.2, 0) is 17.8 Å². The maximum absolute atomic E-state index is 12.2. The first kappa shape index (κ1) is 21.1. The Morgan fingerprint density at radius 2 is 1.70 bits per heavy atom. The van der Waals surface area contributed by atoms with Gasteiger partial charge in [-0.25, -0.2) is 0 Å². The summed E-state index contributed by atoms with van der Waals surface area (Å²) in [7, 11) is 5.19. The van der Waals surface area contributed by atoms with Crippen LogP contribution in [-0.4, -0.2) is 51.4 Å². The smallest absolute Gasteiger partial charge is 0.234 e. The zero-order valence-corrected chi connectivity index (χ0v) is 17.3. The lowest BCUT2D eigenvalue weighted by molar-refractivity contribution is -0.122. The Morgan fingerprint density at radius 1 is 1.04 bits per heavy atom. The van der Waals surface area contributed by atoms with Crippen LogP contribution >= 0.6 is 11.8 Å². The highest BCUT2D eigenvalue weighted by molar-refractivity contribution is 7.98. The molecule has 2 aromatic rings. The molecule has 1 amide bonds. The first-order chi connectivity index (χ1) is 13.0. The summed E-state index contributed by atoms with van der Waals surface area (Å²) in [5, 5.41) is 2.98. The Kier molecular flexibility index (Phi) is 8.48. The van der Waals surface area contributed by atoms with Gasteiger partial charge in [-0.1, -0.05) is 18.2 Å². The monoisotopic (exact) mass is 388 g/mol. The van der Waals surface area contributed by atoms with E-state index in [2.05, 4.69) is 35.8 Å². The fourth-order valence-electron chi connectivity index (χ4n) is 2.78. The zero-order chi connectivity index (χ0) is 19.6. The number of nitrogens with one attached hydrogen (secondary N) is 1. The summed E-state index contributed by atoms with van der Waals surface area (Å²) in [4.78, 5) is 15.4. The van der Waals surface area contributed by atoms with Gasteiger partial charge in [0.1, 0.15) is 0 Å². The number of thioether (sulfide) groups is 1. The van der Waals surface area contributed by atoms with Crippen LogP contribution in [0.2, 0.25) is 0 Å². The van der Waals surface area contributed by atoms with Crippen molar-refractivity contribution in [1.29, 1.82) is 0 Å². The van der Waals surface area contributed by atoms with E-state index in [9.17, 15) is 4.79 Å². The average molecular weight is 389 g/mol. The fourth-order valence-corrected chi connectivity index (χ4v) is 3.19. The molecule has 0 saturated heterocycles. The minimum absolute atomic E-state index is 0.0266. The molecule has 0 bridgehead atoms. The van der Waals surface area contributed by atoms with Crippen molar-refractivity contribution in [3.63, 3.8) is 0 Å². The summed E-state index contributed by atoms with van der Waals surface area (Å²) in [5.41, 5.74) is 2.30. The van der Waals surface area contributed by atoms with Crippen LogP contribution < -0.4 is 14.8 Å². The predicted octanol–water partition coefficient (Wildman–Crippen LogP) is 3.22. The van der Waals surface area contributed by atoms with Gasteiger partial charge in [-0.2, -0.15) is 0 Å². The molecule has 0 aliphatic carbocycles. The molecule has 2 aromatic carbocycles. The molecule has 0 heterocycles. The Bertz CT molecular complexity index is 735. The van der Waals surface area contributed by atoms with Gasteiger partial charge in [0.2, 0.25) is 5.91 Å². The number of amides is 1. The van der Waals surface area contributed by atoms with E-state index in [4.69, 9.17) is 9.47 Å². The van der Waals surface area contributed by atoms with Crippen molar-refractivity contribution in [2.75, 3.05) is 40.6 Å². The molecule has 0 aliphatic heterocycles. The van der Waals surface area contributed by atoms with Gasteiger partial charge < -0.3 is 14.8 Å². The van der Waals surface area contributed by atoms with Crippen molar-refractivity contribution in [3.8, 4) is 11.5 Å². The van der Waals surface area contributed by atoms with Gasteiger partial charge in [0, 0.05) is 18.0 Å². The molecule has 0 unspecified atom stereocenters. The van der Waals surface area contributed by atoms with E-state index in [0.29, 0.717) is 24.6 Å². The van der Waals surface area contributed by atoms with Crippen LogP contribution in [0.4, 0.5) is 0 Å². The molecule has 0 atom stereocenters. The summed E-state index contributed by atoms with van der Waals surface area (Å²) >= 11 is 1.73. The summed E-state index contributed by atoms with van der Waals surface area (Å²) in [5.74, 6) is 1.43. The van der Waals surface area contributed by atoms with Crippen LogP contribution in [0.5, 0.6) is 11.5 Å². The normalized spacial score (nSPS) is 10.7. The van der Waals surface area contributed by atoms with E-state index in [1.807, 2.05) is 30.1 Å². The van der Waals surface area contributed by atoms with E-state index in [0.717, 1.165) is 18.5 Å². The number of benzene rings is 2. The number of carbonyl (C=O) groups is 1. The zero-order valence-electron chi connectivity index (χ0n) is 16.5. The molecule has 0 spiro atoms. The summed E-state index contributed by atoms with van der Waals surface area (Å²) in [6.07, 6.45) is 2.81. The first-order valence-electron chi connectivity index (χ1n) is 8.84. The molecule has 0 radical (unpaired) electrons. The lowest BCUT2D eigenvalue weighted by Crippen LogP contribution is -2.35. The summed E-state index contributed by atoms with van der Waals surface area (Å²) < 4.78 is 10.5. The second-order valence-corrected chi connectivity index (χ2v) is 7.19. The number of rotatable bonds is 10. The Labute approximate surface area is 166 Å². The summed E-state index contributed by atoms with van der Waals surface area (Å²) in [6.45, 7) is 1.71. The molecule has 2 rings (SSSR count). The van der Waals surface area contributed by atoms with Crippen LogP contribution in [0.25, 0.3) is 0 Å². The second kappa shape index (κ2) is 10.8. The SMILES string of the molecule is COc1ccc(CCNC(=O)CN(C)Cc2ccc(SC)cc2)cc1OC. The van der Waals surface area contributed by atoms with Crippen molar-refractivity contribution in [2.45, 2.75) is 17.9 Å². The van der Waals surface area contributed by atoms with E-state index in [1.165, 1.54) is 10.5 Å². The van der Waals surface area contributed by atoms with Crippen molar-refractivity contribution < 1.29 is 14.3 Å². The molecule has 0 aliphatic rings. The number of hydrogen-bond donors (Lipinski definition) is 1. The average Bonchev–Trinajstić information content (AvgIpc) is 2.68. The van der Waals surface area contributed by atoms with Gasteiger partial charge in [-0.05, 0) is 55.1 Å². The maximum atomic E-state index is 12.2. The Morgan fingerprint density at radius 3 is 2.33 bits per heavy atom. The van der Waals surface area contributed by atoms with Gasteiger partial charge in [0.15, 0.2) is 11.5 Å². The molecule has 0 aromatic heterocycles. The highest BCUT2D eigenvalue weighted by atomic mass is 32.2. The highest BCUT2D eigenvalue weighted by Crippen LogP contribution is 2.27. The van der Waals surface area contributed by atoms with E-state index in [-0.39, 0.29) is 5.91 Å². The second-order valence-electron chi connectivity index (χ2n) is 6.31. The molecule has 27 heavy (non-hydrogen) atoms. The molecule has 0 saturated carbocycles. The van der Waals surface area contributed by atoms with Gasteiger partial charge in [-0.3, -0.25) is 9.69 Å². The van der Waals surface area contributed by atoms with Gasteiger partial charge in [0.05, 0.1) is 20.8 Å². The third-order valence-electron chi connectivity index (χ3n) is 4.21. The first-order valence-corrected chi connectivity index (χ1v) is 10.1. The molecule has 5 nitrogen and oxygen atoms in total. The van der Waals surface area contributed by atoms with Crippen LogP contribution in [0.1, 0.15) is 11.1 Å². The third-order valence-corrected chi connectivity index (χ3v) is 4.95. The number of nitrogens with zero attached hydrogens (tertiary/aromatic N) is 1.